The van der Waals surface area contributed by atoms with Crippen LogP contribution in [0.1, 0.15) is 18.4 Å². The highest BCUT2D eigenvalue weighted by molar-refractivity contribution is 9.09. The van der Waals surface area contributed by atoms with E-state index >= 15 is 0 Å². The molecule has 1 aromatic heterocycles. The van der Waals surface area contributed by atoms with E-state index < -0.39 is 0 Å². The summed E-state index contributed by atoms with van der Waals surface area (Å²) < 4.78 is 2.17. The largest absolute Gasteiger partial charge is 0.351 e. The van der Waals surface area contributed by atoms with Gasteiger partial charge in [-0.3, -0.25) is 0 Å². The first-order valence-electron chi connectivity index (χ1n) is 4.84. The molecule has 0 radical (unpaired) electrons. The summed E-state index contributed by atoms with van der Waals surface area (Å²) >= 11 is 3.54. The number of nitrogens with zero attached hydrogens (tertiary/aromatic N) is 1. The highest BCUT2D eigenvalue weighted by Crippen LogP contribution is 2.26. The second kappa shape index (κ2) is 3.77. The first-order valence-corrected chi connectivity index (χ1v) is 5.96. The Morgan fingerprint density at radius 1 is 1.36 bits per heavy atom. The number of hydrogen-bond donors (Lipinski definition) is 0. The van der Waals surface area contributed by atoms with Gasteiger partial charge in [0.2, 0.25) is 0 Å². The molecule has 0 saturated carbocycles. The molecule has 1 aromatic carbocycles. The van der Waals surface area contributed by atoms with Crippen LogP contribution in [-0.4, -0.2) is 9.90 Å². The van der Waals surface area contributed by atoms with Crippen LogP contribution in [0.4, 0.5) is 0 Å². The maximum absolute atomic E-state index is 3.54. The smallest absolute Gasteiger partial charge is 0.0480 e. The third-order valence-electron chi connectivity index (χ3n) is 2.72. The summed E-state index contributed by atoms with van der Waals surface area (Å²) in [5.41, 5.74) is 2.75. The molecule has 0 amide bonds. The molecule has 0 aliphatic carbocycles. The van der Waals surface area contributed by atoms with E-state index in [2.05, 4.69) is 64.9 Å². The normalized spacial score (nSPS) is 13.4. The number of benzene rings is 1. The van der Waals surface area contributed by atoms with Crippen molar-refractivity contribution >= 4 is 26.8 Å². The molecule has 1 atom stereocenters. The van der Waals surface area contributed by atoms with Crippen molar-refractivity contribution in [3.05, 3.63) is 36.0 Å². The quantitative estimate of drug-likeness (QED) is 0.718. The first kappa shape index (κ1) is 9.78. The topological polar surface area (TPSA) is 4.93 Å². The lowest BCUT2D eigenvalue weighted by Crippen LogP contribution is -1.95. The van der Waals surface area contributed by atoms with Gasteiger partial charge in [0.25, 0.3) is 0 Å². The summed E-state index contributed by atoms with van der Waals surface area (Å²) in [6.07, 6.45) is 2.12. The second-order valence-corrected chi connectivity index (χ2v) is 4.41. The van der Waals surface area contributed by atoms with E-state index in [1.54, 1.807) is 0 Å². The predicted molar refractivity (Wildman–Crippen MR) is 65.1 cm³/mol. The van der Waals surface area contributed by atoms with E-state index in [9.17, 15) is 0 Å². The monoisotopic (exact) mass is 251 g/mol. The molecule has 14 heavy (non-hydrogen) atoms. The van der Waals surface area contributed by atoms with Crippen LogP contribution >= 0.6 is 15.9 Å². The number of hydrogen-bond acceptors (Lipinski definition) is 0. The molecule has 0 spiro atoms. The zero-order valence-corrected chi connectivity index (χ0v) is 10.1. The molecule has 0 aliphatic heterocycles. The van der Waals surface area contributed by atoms with Crippen molar-refractivity contribution in [2.75, 3.05) is 5.33 Å². The van der Waals surface area contributed by atoms with Gasteiger partial charge in [0.05, 0.1) is 0 Å². The fraction of sp³-hybridized carbons (Fsp3) is 0.333. The van der Waals surface area contributed by atoms with Gasteiger partial charge in [0.15, 0.2) is 0 Å². The lowest BCUT2D eigenvalue weighted by Gasteiger charge is -2.09. The molecule has 0 N–H and O–H groups in total. The average molecular weight is 252 g/mol. The third-order valence-corrected chi connectivity index (χ3v) is 3.70. The van der Waals surface area contributed by atoms with Gasteiger partial charge >= 0.3 is 0 Å². The molecular formula is C12H14BrN. The van der Waals surface area contributed by atoms with Gasteiger partial charge in [-0.25, -0.2) is 0 Å². The van der Waals surface area contributed by atoms with Gasteiger partial charge in [-0.15, -0.1) is 0 Å². The fourth-order valence-electron chi connectivity index (χ4n) is 1.84. The molecular weight excluding hydrogens is 238 g/mol. The Morgan fingerprint density at radius 3 is 2.86 bits per heavy atom. The Kier molecular flexibility index (Phi) is 2.64. The minimum Gasteiger partial charge on any atom is -0.351 e. The number of aryl methyl sites for hydroxylation is 1. The lowest BCUT2D eigenvalue weighted by molar-refractivity contribution is 0.897. The molecule has 1 unspecified atom stereocenters. The van der Waals surface area contributed by atoms with Crippen molar-refractivity contribution in [1.82, 2.24) is 4.57 Å². The summed E-state index contributed by atoms with van der Waals surface area (Å²) in [6.45, 7) is 2.25. The zero-order chi connectivity index (χ0) is 10.1. The summed E-state index contributed by atoms with van der Waals surface area (Å²) in [5, 5.41) is 2.39. The van der Waals surface area contributed by atoms with Crippen LogP contribution in [0.5, 0.6) is 0 Å². The van der Waals surface area contributed by atoms with Gasteiger partial charge in [-0.05, 0) is 23.6 Å². The van der Waals surface area contributed by atoms with E-state index in [1.807, 2.05) is 0 Å². The van der Waals surface area contributed by atoms with E-state index in [0.717, 1.165) is 5.33 Å². The standard InChI is InChI=1S/C12H14BrN/c1-9(8-13)10-4-3-5-12-11(10)6-7-14(12)2/h3-7,9H,8H2,1-2H3. The molecule has 2 aromatic rings. The second-order valence-electron chi connectivity index (χ2n) is 3.76. The predicted octanol–water partition coefficient (Wildman–Crippen LogP) is 3.68. The average Bonchev–Trinajstić information content (AvgIpc) is 2.59. The van der Waals surface area contributed by atoms with Gasteiger partial charge in [-0.1, -0.05) is 35.0 Å². The molecule has 2 rings (SSSR count). The highest BCUT2D eigenvalue weighted by Gasteiger charge is 2.08. The van der Waals surface area contributed by atoms with Gasteiger partial charge in [-0.2, -0.15) is 0 Å². The van der Waals surface area contributed by atoms with Crippen LogP contribution in [0.15, 0.2) is 30.5 Å². The minimum atomic E-state index is 0.570. The van der Waals surface area contributed by atoms with Crippen LogP contribution in [0, 0.1) is 0 Å². The van der Waals surface area contributed by atoms with E-state index in [1.165, 1.54) is 16.5 Å². The SMILES string of the molecule is CC(CBr)c1cccc2c1ccn2C. The van der Waals surface area contributed by atoms with Crippen LogP contribution in [0.3, 0.4) is 0 Å². The Labute approximate surface area is 92.9 Å². The molecule has 1 nitrogen and oxygen atoms in total. The van der Waals surface area contributed by atoms with Crippen molar-refractivity contribution in [1.29, 1.82) is 0 Å². The van der Waals surface area contributed by atoms with Crippen LogP contribution < -0.4 is 0 Å². The van der Waals surface area contributed by atoms with Crippen LogP contribution in [0.2, 0.25) is 0 Å². The van der Waals surface area contributed by atoms with Crippen molar-refractivity contribution in [2.24, 2.45) is 7.05 Å². The highest BCUT2D eigenvalue weighted by atomic mass is 79.9. The van der Waals surface area contributed by atoms with E-state index in [4.69, 9.17) is 0 Å². The fourth-order valence-corrected chi connectivity index (χ4v) is 2.19. The van der Waals surface area contributed by atoms with E-state index in [0.29, 0.717) is 5.92 Å². The molecule has 0 saturated heterocycles. The van der Waals surface area contributed by atoms with Gasteiger partial charge in [0.1, 0.15) is 0 Å². The van der Waals surface area contributed by atoms with Crippen LogP contribution in [-0.2, 0) is 7.05 Å². The van der Waals surface area contributed by atoms with Gasteiger partial charge < -0.3 is 4.57 Å². The molecule has 74 valence electrons. The number of aromatic nitrogens is 1. The summed E-state index contributed by atoms with van der Waals surface area (Å²) in [4.78, 5) is 0. The Morgan fingerprint density at radius 2 is 2.14 bits per heavy atom. The van der Waals surface area contributed by atoms with Gasteiger partial charge in [0, 0.05) is 29.5 Å². The molecule has 0 bridgehead atoms. The number of halogens is 1. The summed E-state index contributed by atoms with van der Waals surface area (Å²) in [5.74, 6) is 0.570. The Balaban J connectivity index is 2.65. The van der Waals surface area contributed by atoms with Crippen LogP contribution in [0.25, 0.3) is 10.9 Å². The maximum Gasteiger partial charge on any atom is 0.0480 e. The number of fused-ring (bicyclic) bond motifs is 1. The van der Waals surface area contributed by atoms with E-state index in [-0.39, 0.29) is 0 Å². The molecule has 1 heterocycles. The van der Waals surface area contributed by atoms with Crippen molar-refractivity contribution in [3.8, 4) is 0 Å². The number of alkyl halides is 1. The number of rotatable bonds is 2. The molecule has 2 heteroatoms. The van der Waals surface area contributed by atoms with Crippen molar-refractivity contribution in [3.63, 3.8) is 0 Å². The maximum atomic E-state index is 3.54. The molecule has 0 aliphatic rings. The lowest BCUT2D eigenvalue weighted by atomic mass is 9.99. The van der Waals surface area contributed by atoms with Crippen molar-refractivity contribution < 1.29 is 0 Å². The Bertz CT molecular complexity index is 445. The minimum absolute atomic E-state index is 0.570. The third kappa shape index (κ3) is 1.48. The summed E-state index contributed by atoms with van der Waals surface area (Å²) in [7, 11) is 2.09. The zero-order valence-electron chi connectivity index (χ0n) is 8.50. The summed E-state index contributed by atoms with van der Waals surface area (Å²) in [6, 6.07) is 8.72. The molecule has 0 fully saturated rings. The Hall–Kier alpha value is -0.760. The first-order chi connectivity index (χ1) is 6.74. The van der Waals surface area contributed by atoms with Crippen molar-refractivity contribution in [2.45, 2.75) is 12.8 Å².